The Morgan fingerprint density at radius 3 is 2.00 bits per heavy atom. The first-order chi connectivity index (χ1) is 12.1. The van der Waals surface area contributed by atoms with E-state index >= 15 is 0 Å². The molecule has 1 amide bonds. The third kappa shape index (κ3) is 3.21. The topological polar surface area (TPSA) is 23.6 Å². The number of benzene rings is 2. The summed E-state index contributed by atoms with van der Waals surface area (Å²) in [5.74, 6) is 1.06. The summed E-state index contributed by atoms with van der Waals surface area (Å²) in [7, 11) is 2.13. The Bertz CT molecular complexity index is 732. The van der Waals surface area contributed by atoms with Crippen molar-refractivity contribution in [2.75, 3.05) is 33.2 Å². The quantitative estimate of drug-likeness (QED) is 0.860. The molecular weight excluding hydrogens is 308 g/mol. The first-order valence-corrected chi connectivity index (χ1v) is 9.24. The molecule has 130 valence electrons. The van der Waals surface area contributed by atoms with E-state index in [0.717, 1.165) is 26.2 Å². The van der Waals surface area contributed by atoms with Gasteiger partial charge in [-0.2, -0.15) is 0 Å². The maximum Gasteiger partial charge on any atom is 0.227 e. The smallest absolute Gasteiger partial charge is 0.227 e. The van der Waals surface area contributed by atoms with Gasteiger partial charge in [-0.3, -0.25) is 4.79 Å². The Kier molecular flexibility index (Phi) is 4.34. The minimum atomic E-state index is 0.0912. The zero-order chi connectivity index (χ0) is 17.4. The molecule has 1 aliphatic carbocycles. The van der Waals surface area contributed by atoms with Crippen molar-refractivity contribution in [2.45, 2.75) is 18.8 Å². The Hall–Kier alpha value is -2.13. The molecule has 2 aliphatic rings. The molecule has 4 rings (SSSR count). The maximum atomic E-state index is 13.2. The van der Waals surface area contributed by atoms with Crippen molar-refractivity contribution in [3.05, 3.63) is 71.3 Å². The molecule has 2 aromatic rings. The fourth-order valence-corrected chi connectivity index (χ4v) is 4.15. The summed E-state index contributed by atoms with van der Waals surface area (Å²) in [6.45, 7) is 5.77. The minimum Gasteiger partial charge on any atom is -0.340 e. The normalized spacial score (nSPS) is 26.5. The van der Waals surface area contributed by atoms with E-state index in [4.69, 9.17) is 0 Å². The predicted octanol–water partition coefficient (Wildman–Crippen LogP) is 3.27. The van der Waals surface area contributed by atoms with E-state index in [1.807, 2.05) is 6.07 Å². The molecule has 3 heteroatoms. The fourth-order valence-electron chi connectivity index (χ4n) is 4.15. The van der Waals surface area contributed by atoms with Crippen molar-refractivity contribution < 1.29 is 4.79 Å². The van der Waals surface area contributed by atoms with Gasteiger partial charge in [0.1, 0.15) is 0 Å². The SMILES string of the molecule is Cc1ccc(C2C(C(=O)N3CCN(C)CC3)C2c2ccccc2)cc1. The number of rotatable bonds is 3. The highest BCUT2D eigenvalue weighted by Gasteiger charge is 2.57. The number of likely N-dealkylation sites (N-methyl/N-ethyl adjacent to an activating group) is 1. The van der Waals surface area contributed by atoms with E-state index in [1.165, 1.54) is 16.7 Å². The van der Waals surface area contributed by atoms with Crippen molar-refractivity contribution >= 4 is 5.91 Å². The van der Waals surface area contributed by atoms with Crippen LogP contribution in [0.1, 0.15) is 28.5 Å². The molecule has 1 saturated heterocycles. The summed E-state index contributed by atoms with van der Waals surface area (Å²) in [5.41, 5.74) is 3.86. The second-order valence-electron chi connectivity index (χ2n) is 7.53. The second-order valence-corrected chi connectivity index (χ2v) is 7.53. The zero-order valence-electron chi connectivity index (χ0n) is 15.1. The number of piperazine rings is 1. The highest BCUT2D eigenvalue weighted by atomic mass is 16.2. The molecule has 0 aromatic heterocycles. The molecule has 3 atom stereocenters. The Morgan fingerprint density at radius 1 is 0.840 bits per heavy atom. The van der Waals surface area contributed by atoms with Gasteiger partial charge in [0.2, 0.25) is 5.91 Å². The molecule has 0 bridgehead atoms. The molecule has 1 heterocycles. The summed E-state index contributed by atoms with van der Waals surface area (Å²) in [6, 6.07) is 19.3. The standard InChI is InChI=1S/C22H26N2O/c1-16-8-10-18(11-9-16)20-19(17-6-4-3-5-7-17)21(20)22(25)24-14-12-23(2)13-15-24/h3-11,19-21H,12-15H2,1-2H3. The lowest BCUT2D eigenvalue weighted by molar-refractivity contribution is -0.134. The number of nitrogens with zero attached hydrogens (tertiary/aromatic N) is 2. The largest absolute Gasteiger partial charge is 0.340 e. The fraction of sp³-hybridized carbons (Fsp3) is 0.409. The number of hydrogen-bond acceptors (Lipinski definition) is 2. The number of amides is 1. The van der Waals surface area contributed by atoms with Crippen molar-refractivity contribution in [1.82, 2.24) is 9.80 Å². The molecule has 3 unspecified atom stereocenters. The highest BCUT2D eigenvalue weighted by molar-refractivity contribution is 5.85. The van der Waals surface area contributed by atoms with Crippen LogP contribution in [-0.4, -0.2) is 48.9 Å². The lowest BCUT2D eigenvalue weighted by Gasteiger charge is -2.32. The third-order valence-electron chi connectivity index (χ3n) is 5.77. The number of hydrogen-bond donors (Lipinski definition) is 0. The van der Waals surface area contributed by atoms with Crippen molar-refractivity contribution in [3.63, 3.8) is 0 Å². The van der Waals surface area contributed by atoms with Crippen LogP contribution in [0.2, 0.25) is 0 Å². The van der Waals surface area contributed by atoms with Crippen molar-refractivity contribution in [2.24, 2.45) is 5.92 Å². The van der Waals surface area contributed by atoms with Crippen LogP contribution in [0, 0.1) is 12.8 Å². The molecular formula is C22H26N2O. The van der Waals surface area contributed by atoms with E-state index in [2.05, 4.69) is 72.3 Å². The van der Waals surface area contributed by atoms with Crippen LogP contribution in [0.4, 0.5) is 0 Å². The monoisotopic (exact) mass is 334 g/mol. The molecule has 0 radical (unpaired) electrons. The number of carbonyl (C=O) groups excluding carboxylic acids is 1. The lowest BCUT2D eigenvalue weighted by Crippen LogP contribution is -2.47. The molecule has 1 aliphatic heterocycles. The Labute approximate surface area is 150 Å². The number of aryl methyl sites for hydroxylation is 1. The van der Waals surface area contributed by atoms with Crippen molar-refractivity contribution in [3.8, 4) is 0 Å². The van der Waals surface area contributed by atoms with E-state index in [1.54, 1.807) is 0 Å². The molecule has 2 fully saturated rings. The highest BCUT2D eigenvalue weighted by Crippen LogP contribution is 2.61. The lowest BCUT2D eigenvalue weighted by atomic mass is 10.0. The van der Waals surface area contributed by atoms with Crippen LogP contribution in [0.15, 0.2) is 54.6 Å². The summed E-state index contributed by atoms with van der Waals surface area (Å²) in [5, 5.41) is 0. The van der Waals surface area contributed by atoms with Gasteiger partial charge in [-0.05, 0) is 25.1 Å². The van der Waals surface area contributed by atoms with Crippen LogP contribution in [0.3, 0.4) is 0 Å². The van der Waals surface area contributed by atoms with E-state index in [9.17, 15) is 4.79 Å². The number of carbonyl (C=O) groups is 1. The molecule has 0 N–H and O–H groups in total. The average Bonchev–Trinajstić information content (AvgIpc) is 3.39. The zero-order valence-corrected chi connectivity index (χ0v) is 15.1. The minimum absolute atomic E-state index is 0.0912. The van der Waals surface area contributed by atoms with Crippen molar-refractivity contribution in [1.29, 1.82) is 0 Å². The second kappa shape index (κ2) is 6.64. The van der Waals surface area contributed by atoms with E-state index in [0.29, 0.717) is 17.7 Å². The first-order valence-electron chi connectivity index (χ1n) is 9.24. The van der Waals surface area contributed by atoms with E-state index < -0.39 is 0 Å². The van der Waals surface area contributed by atoms with Gasteiger partial charge in [-0.25, -0.2) is 0 Å². The van der Waals surface area contributed by atoms with Crippen LogP contribution in [0.25, 0.3) is 0 Å². The van der Waals surface area contributed by atoms with Crippen LogP contribution >= 0.6 is 0 Å². The van der Waals surface area contributed by atoms with Crippen LogP contribution in [-0.2, 0) is 4.79 Å². The Balaban J connectivity index is 1.59. The maximum absolute atomic E-state index is 13.2. The molecule has 0 spiro atoms. The summed E-state index contributed by atoms with van der Waals surface area (Å²) >= 11 is 0. The molecule has 25 heavy (non-hydrogen) atoms. The molecule has 2 aromatic carbocycles. The van der Waals surface area contributed by atoms with Gasteiger partial charge in [0.15, 0.2) is 0 Å². The van der Waals surface area contributed by atoms with E-state index in [-0.39, 0.29) is 5.92 Å². The van der Waals surface area contributed by atoms with Gasteiger partial charge >= 0.3 is 0 Å². The van der Waals surface area contributed by atoms with Gasteiger partial charge in [-0.15, -0.1) is 0 Å². The summed E-state index contributed by atoms with van der Waals surface area (Å²) in [6.07, 6.45) is 0. The van der Waals surface area contributed by atoms with Gasteiger partial charge in [0.25, 0.3) is 0 Å². The van der Waals surface area contributed by atoms with Gasteiger partial charge in [0, 0.05) is 38.0 Å². The van der Waals surface area contributed by atoms with Gasteiger partial charge < -0.3 is 9.80 Å². The third-order valence-corrected chi connectivity index (χ3v) is 5.77. The predicted molar refractivity (Wildman–Crippen MR) is 101 cm³/mol. The molecule has 1 saturated carbocycles. The van der Waals surface area contributed by atoms with Gasteiger partial charge in [-0.1, -0.05) is 60.2 Å². The molecule has 3 nitrogen and oxygen atoms in total. The van der Waals surface area contributed by atoms with Crippen LogP contribution in [0.5, 0.6) is 0 Å². The Morgan fingerprint density at radius 2 is 1.40 bits per heavy atom. The average molecular weight is 334 g/mol. The summed E-state index contributed by atoms with van der Waals surface area (Å²) < 4.78 is 0. The first kappa shape index (κ1) is 16.3. The van der Waals surface area contributed by atoms with Crippen LogP contribution < -0.4 is 0 Å². The summed E-state index contributed by atoms with van der Waals surface area (Å²) in [4.78, 5) is 17.6. The van der Waals surface area contributed by atoms with Gasteiger partial charge in [0.05, 0.1) is 5.92 Å².